The summed E-state index contributed by atoms with van der Waals surface area (Å²) in [7, 11) is -0.565. The Labute approximate surface area is 130 Å². The quantitative estimate of drug-likeness (QED) is 0.601. The summed E-state index contributed by atoms with van der Waals surface area (Å²) in [6.45, 7) is 4.69. The number of aromatic nitrogens is 2. The normalized spacial score (nSPS) is 10.8. The molecule has 0 bridgehead atoms. The van der Waals surface area contributed by atoms with E-state index in [0.717, 1.165) is 28.7 Å². The molecule has 1 aromatic heterocycles. The minimum atomic E-state index is -2.50. The van der Waals surface area contributed by atoms with Gasteiger partial charge in [0.05, 0.1) is 9.92 Å². The van der Waals surface area contributed by atoms with E-state index in [1.54, 1.807) is 18.3 Å². The summed E-state index contributed by atoms with van der Waals surface area (Å²) in [6.07, 6.45) is 4.44. The van der Waals surface area contributed by atoms with E-state index in [2.05, 4.69) is 16.9 Å². The first-order valence-electron chi connectivity index (χ1n) is 6.37. The van der Waals surface area contributed by atoms with Gasteiger partial charge in [0.25, 0.3) is 0 Å². The van der Waals surface area contributed by atoms with Gasteiger partial charge in [-0.1, -0.05) is 18.7 Å². The predicted octanol–water partition coefficient (Wildman–Crippen LogP) is 1.79. The lowest BCUT2D eigenvalue weighted by atomic mass is 10.1. The zero-order chi connectivity index (χ0) is 15.2. The van der Waals surface area contributed by atoms with Crippen LogP contribution in [0.3, 0.4) is 0 Å². The highest BCUT2D eigenvalue weighted by atomic mass is 32.2. The Morgan fingerprint density at radius 1 is 1.38 bits per heavy atom. The Balaban J connectivity index is 1.78. The summed E-state index contributed by atoms with van der Waals surface area (Å²) in [4.78, 5) is 4.56. The molecule has 0 aliphatic rings. The van der Waals surface area contributed by atoms with Gasteiger partial charge in [-0.05, 0) is 35.9 Å². The van der Waals surface area contributed by atoms with Crippen LogP contribution in [0.5, 0.6) is 0 Å². The number of thiol groups is 1. The Hall–Kier alpha value is -1.73. The van der Waals surface area contributed by atoms with Crippen molar-refractivity contribution in [3.05, 3.63) is 53.8 Å². The summed E-state index contributed by atoms with van der Waals surface area (Å²) in [6, 6.07) is 6.91. The third-order valence-corrected chi connectivity index (χ3v) is 4.56. The van der Waals surface area contributed by atoms with Gasteiger partial charge in [-0.25, -0.2) is 13.4 Å². The highest BCUT2D eigenvalue weighted by molar-refractivity contribution is 8.02. The molecule has 0 radical (unpaired) electrons. The Kier molecular flexibility index (Phi) is 5.46. The molecule has 0 spiro atoms. The number of hydrogen-bond donors (Lipinski definition) is 2. The Morgan fingerprint density at radius 2 is 2.10 bits per heavy atom. The van der Waals surface area contributed by atoms with Gasteiger partial charge in [-0.2, -0.15) is 0 Å². The number of benzene rings is 1. The molecule has 112 valence electrons. The molecule has 0 aliphatic carbocycles. The Bertz CT molecular complexity index is 682. The maximum atomic E-state index is 10.8. The number of aryl methyl sites for hydroxylation is 1. The summed E-state index contributed by atoms with van der Waals surface area (Å²) < 4.78 is 23.5. The number of rotatable bonds is 7. The van der Waals surface area contributed by atoms with Gasteiger partial charge >= 0.3 is 0 Å². The summed E-state index contributed by atoms with van der Waals surface area (Å²) in [5.41, 5.74) is 1.08. The van der Waals surface area contributed by atoms with Crippen LogP contribution in [-0.2, 0) is 24.2 Å². The topological polar surface area (TPSA) is 64.0 Å². The van der Waals surface area contributed by atoms with Crippen molar-refractivity contribution in [2.45, 2.75) is 16.5 Å². The average molecular weight is 323 g/mol. The molecule has 0 fully saturated rings. The molecular formula is C14H17N3O2S2. The molecular weight excluding hydrogens is 306 g/mol. The summed E-state index contributed by atoms with van der Waals surface area (Å²) in [5.74, 6) is 0. The van der Waals surface area contributed by atoms with Crippen LogP contribution in [0, 0.1) is 0 Å². The lowest BCUT2D eigenvalue weighted by Gasteiger charge is -2.09. The van der Waals surface area contributed by atoms with Crippen molar-refractivity contribution < 1.29 is 8.42 Å². The van der Waals surface area contributed by atoms with Crippen molar-refractivity contribution in [3.8, 4) is 0 Å². The van der Waals surface area contributed by atoms with Gasteiger partial charge in [0.2, 0.25) is 0 Å². The van der Waals surface area contributed by atoms with Gasteiger partial charge in [0, 0.05) is 26.0 Å². The predicted molar refractivity (Wildman–Crippen MR) is 84.9 cm³/mol. The molecule has 1 N–H and O–H groups in total. The fraction of sp³-hybridized carbons (Fsp3) is 0.214. The van der Waals surface area contributed by atoms with Crippen LogP contribution < -0.4 is 5.32 Å². The summed E-state index contributed by atoms with van der Waals surface area (Å²) >= 11 is 1.48. The van der Waals surface area contributed by atoms with Gasteiger partial charge < -0.3 is 9.88 Å². The maximum Gasteiger partial charge on any atom is 0.173 e. The van der Waals surface area contributed by atoms with Crippen molar-refractivity contribution in [2.75, 3.05) is 6.54 Å². The van der Waals surface area contributed by atoms with E-state index in [1.807, 2.05) is 29.9 Å². The largest absolute Gasteiger partial charge is 0.380 e. The molecule has 0 amide bonds. The first-order valence-corrected chi connectivity index (χ1v) is 8.37. The molecule has 0 atom stereocenters. The second-order valence-electron chi connectivity index (χ2n) is 4.45. The number of imidazole rings is 1. The van der Waals surface area contributed by atoms with Crippen LogP contribution in [0.4, 0.5) is 0 Å². The van der Waals surface area contributed by atoms with E-state index in [0.29, 0.717) is 4.90 Å². The van der Waals surface area contributed by atoms with Crippen LogP contribution in [0.25, 0.3) is 0 Å². The van der Waals surface area contributed by atoms with Crippen molar-refractivity contribution in [3.63, 3.8) is 0 Å². The van der Waals surface area contributed by atoms with Gasteiger partial charge in [-0.3, -0.25) is 0 Å². The molecule has 0 saturated heterocycles. The van der Waals surface area contributed by atoms with E-state index < -0.39 is 10.7 Å². The molecule has 0 unspecified atom stereocenters. The van der Waals surface area contributed by atoms with Crippen molar-refractivity contribution in [1.82, 2.24) is 14.9 Å². The summed E-state index contributed by atoms with van der Waals surface area (Å²) in [5, 5.41) is 4.95. The standard InChI is InChI=1S/C14H17N3O2S2/c1-11(20-14-16-9-10-17(14)2)15-8-7-12-3-5-13(6-4-12)21(18)19/h3-6,9-10,15,21H,1,7-8H2,2H3. The minimum Gasteiger partial charge on any atom is -0.380 e. The molecule has 2 rings (SSSR count). The smallest absolute Gasteiger partial charge is 0.173 e. The fourth-order valence-electron chi connectivity index (χ4n) is 1.73. The maximum absolute atomic E-state index is 10.8. The van der Waals surface area contributed by atoms with Gasteiger partial charge in [-0.15, -0.1) is 0 Å². The van der Waals surface area contributed by atoms with Crippen molar-refractivity contribution >= 4 is 22.5 Å². The highest BCUT2D eigenvalue weighted by Gasteiger charge is 2.03. The van der Waals surface area contributed by atoms with Crippen LogP contribution in [0.1, 0.15) is 5.56 Å². The number of nitrogens with zero attached hydrogens (tertiary/aromatic N) is 2. The van der Waals surface area contributed by atoms with E-state index in [9.17, 15) is 8.42 Å². The number of hydrogen-bond acceptors (Lipinski definition) is 5. The SMILES string of the molecule is C=C(NCCc1ccc([SH](=O)=O)cc1)Sc1nccn1C. The van der Waals surface area contributed by atoms with Gasteiger partial charge in [0.1, 0.15) is 0 Å². The average Bonchev–Trinajstić information content (AvgIpc) is 2.85. The van der Waals surface area contributed by atoms with Crippen molar-refractivity contribution in [2.24, 2.45) is 7.05 Å². The molecule has 5 nitrogen and oxygen atoms in total. The molecule has 2 aromatic rings. The third kappa shape index (κ3) is 4.64. The monoisotopic (exact) mass is 323 g/mol. The molecule has 21 heavy (non-hydrogen) atoms. The van der Waals surface area contributed by atoms with Crippen LogP contribution in [-0.4, -0.2) is 24.5 Å². The van der Waals surface area contributed by atoms with E-state index in [1.165, 1.54) is 11.8 Å². The highest BCUT2D eigenvalue weighted by Crippen LogP contribution is 2.20. The third-order valence-electron chi connectivity index (χ3n) is 2.87. The van der Waals surface area contributed by atoms with Crippen LogP contribution >= 0.6 is 11.8 Å². The number of thioether (sulfide) groups is 1. The molecule has 1 heterocycles. The second kappa shape index (κ2) is 7.33. The fourth-order valence-corrected chi connectivity index (χ4v) is 2.83. The van der Waals surface area contributed by atoms with Crippen molar-refractivity contribution in [1.29, 1.82) is 0 Å². The van der Waals surface area contributed by atoms with Gasteiger partial charge in [0.15, 0.2) is 15.9 Å². The van der Waals surface area contributed by atoms with Crippen LogP contribution in [0.15, 0.2) is 58.3 Å². The molecule has 7 heteroatoms. The van der Waals surface area contributed by atoms with E-state index in [-0.39, 0.29) is 0 Å². The lowest BCUT2D eigenvalue weighted by Crippen LogP contribution is -2.14. The number of nitrogens with one attached hydrogen (secondary N) is 1. The minimum absolute atomic E-state index is 0.344. The first-order chi connectivity index (χ1) is 10.1. The lowest BCUT2D eigenvalue weighted by molar-refractivity contribution is 0.614. The molecule has 0 aliphatic heterocycles. The van der Waals surface area contributed by atoms with E-state index >= 15 is 0 Å². The molecule has 1 aromatic carbocycles. The zero-order valence-corrected chi connectivity index (χ0v) is 13.4. The van der Waals surface area contributed by atoms with Crippen LogP contribution in [0.2, 0.25) is 0 Å². The second-order valence-corrected chi connectivity index (χ2v) is 6.54. The molecule has 0 saturated carbocycles. The van der Waals surface area contributed by atoms with E-state index in [4.69, 9.17) is 0 Å². The Morgan fingerprint density at radius 3 is 2.67 bits per heavy atom. The zero-order valence-electron chi connectivity index (χ0n) is 11.7. The first kappa shape index (κ1) is 15.7.